The standard InChI is InChI=1S/C17H21NO2/c19-16(15-6-5-13-3-1-2-4-14(13)15)18-10-7-17(8-11-18)9-12-20-17/h1-4,15H,5-12H2/t15-/m1/s1. The van der Waals surface area contributed by atoms with Crippen LogP contribution in [-0.4, -0.2) is 36.1 Å². The number of benzene rings is 1. The molecule has 20 heavy (non-hydrogen) atoms. The van der Waals surface area contributed by atoms with Gasteiger partial charge in [0.25, 0.3) is 0 Å². The van der Waals surface area contributed by atoms with E-state index in [0.29, 0.717) is 5.91 Å². The van der Waals surface area contributed by atoms with Crippen LogP contribution >= 0.6 is 0 Å². The number of aryl methyl sites for hydroxylation is 1. The maximum Gasteiger partial charge on any atom is 0.230 e. The first-order valence-electron chi connectivity index (χ1n) is 7.78. The van der Waals surface area contributed by atoms with Crippen LogP contribution in [0.15, 0.2) is 24.3 Å². The number of hydrogen-bond donors (Lipinski definition) is 0. The Morgan fingerprint density at radius 3 is 2.65 bits per heavy atom. The number of ether oxygens (including phenoxy) is 1. The predicted octanol–water partition coefficient (Wildman–Crippen LogP) is 2.50. The quantitative estimate of drug-likeness (QED) is 0.785. The van der Waals surface area contributed by atoms with E-state index in [-0.39, 0.29) is 11.5 Å². The van der Waals surface area contributed by atoms with Gasteiger partial charge in [0.05, 0.1) is 18.1 Å². The highest BCUT2D eigenvalue weighted by atomic mass is 16.5. The van der Waals surface area contributed by atoms with Gasteiger partial charge in [-0.1, -0.05) is 24.3 Å². The Bertz CT molecular complexity index is 526. The molecule has 1 aliphatic carbocycles. The summed E-state index contributed by atoms with van der Waals surface area (Å²) in [4.78, 5) is 14.8. The lowest BCUT2D eigenvalue weighted by Gasteiger charge is -2.48. The molecule has 2 heterocycles. The highest BCUT2D eigenvalue weighted by Crippen LogP contribution is 2.39. The fourth-order valence-electron chi connectivity index (χ4n) is 3.95. The van der Waals surface area contributed by atoms with Gasteiger partial charge in [-0.25, -0.2) is 0 Å². The zero-order valence-electron chi connectivity index (χ0n) is 11.8. The lowest BCUT2D eigenvalue weighted by molar-refractivity contribution is -0.176. The second-order valence-electron chi connectivity index (χ2n) is 6.40. The zero-order valence-corrected chi connectivity index (χ0v) is 11.8. The number of nitrogens with zero attached hydrogens (tertiary/aromatic N) is 1. The lowest BCUT2D eigenvalue weighted by atomic mass is 9.84. The number of rotatable bonds is 1. The summed E-state index contributed by atoms with van der Waals surface area (Å²) in [6.07, 6.45) is 5.26. The summed E-state index contributed by atoms with van der Waals surface area (Å²) in [5.74, 6) is 0.437. The van der Waals surface area contributed by atoms with Crippen LogP contribution in [0.5, 0.6) is 0 Å². The molecular formula is C17H21NO2. The Balaban J connectivity index is 1.46. The van der Waals surface area contributed by atoms with Crippen molar-refractivity contribution in [1.82, 2.24) is 4.90 Å². The van der Waals surface area contributed by atoms with Crippen LogP contribution in [0.4, 0.5) is 0 Å². The van der Waals surface area contributed by atoms with Crippen molar-refractivity contribution in [2.75, 3.05) is 19.7 Å². The van der Waals surface area contributed by atoms with Gasteiger partial charge in [-0.05, 0) is 43.2 Å². The first kappa shape index (κ1) is 12.4. The summed E-state index contributed by atoms with van der Waals surface area (Å²) in [5, 5.41) is 0. The molecule has 0 bridgehead atoms. The van der Waals surface area contributed by atoms with Crippen molar-refractivity contribution in [2.24, 2.45) is 0 Å². The molecule has 0 saturated carbocycles. The van der Waals surface area contributed by atoms with E-state index in [9.17, 15) is 4.79 Å². The van der Waals surface area contributed by atoms with E-state index in [1.165, 1.54) is 17.5 Å². The normalized spacial score (nSPS) is 27.2. The molecule has 1 atom stereocenters. The van der Waals surface area contributed by atoms with Gasteiger partial charge in [0, 0.05) is 13.1 Å². The van der Waals surface area contributed by atoms with Gasteiger partial charge in [-0.3, -0.25) is 4.79 Å². The maximum atomic E-state index is 12.8. The maximum absolute atomic E-state index is 12.8. The van der Waals surface area contributed by atoms with Crippen molar-refractivity contribution in [3.05, 3.63) is 35.4 Å². The van der Waals surface area contributed by atoms with Crippen molar-refractivity contribution in [3.8, 4) is 0 Å². The molecule has 0 N–H and O–H groups in total. The second-order valence-corrected chi connectivity index (χ2v) is 6.40. The molecule has 1 amide bonds. The number of piperidine rings is 1. The van der Waals surface area contributed by atoms with E-state index in [1.807, 2.05) is 0 Å². The highest BCUT2D eigenvalue weighted by Gasteiger charge is 2.43. The predicted molar refractivity (Wildman–Crippen MR) is 76.6 cm³/mol. The van der Waals surface area contributed by atoms with Crippen LogP contribution in [0.3, 0.4) is 0 Å². The van der Waals surface area contributed by atoms with E-state index in [4.69, 9.17) is 4.74 Å². The number of carbonyl (C=O) groups is 1. The number of fused-ring (bicyclic) bond motifs is 1. The molecule has 0 aromatic heterocycles. The van der Waals surface area contributed by atoms with Crippen LogP contribution < -0.4 is 0 Å². The molecule has 4 rings (SSSR count). The molecule has 2 aliphatic heterocycles. The van der Waals surface area contributed by atoms with Gasteiger partial charge in [-0.15, -0.1) is 0 Å². The molecule has 2 saturated heterocycles. The fourth-order valence-corrected chi connectivity index (χ4v) is 3.95. The van der Waals surface area contributed by atoms with Gasteiger partial charge in [-0.2, -0.15) is 0 Å². The van der Waals surface area contributed by atoms with E-state index in [2.05, 4.69) is 29.2 Å². The van der Waals surface area contributed by atoms with Crippen LogP contribution in [0.2, 0.25) is 0 Å². The van der Waals surface area contributed by atoms with Gasteiger partial charge >= 0.3 is 0 Å². The molecule has 1 spiro atoms. The Labute approximate surface area is 119 Å². The first-order valence-corrected chi connectivity index (χ1v) is 7.78. The molecule has 1 aromatic carbocycles. The van der Waals surface area contributed by atoms with Crippen LogP contribution in [0.1, 0.15) is 42.7 Å². The van der Waals surface area contributed by atoms with Gasteiger partial charge < -0.3 is 9.64 Å². The Kier molecular flexibility index (Phi) is 2.84. The molecule has 3 heteroatoms. The highest BCUT2D eigenvalue weighted by molar-refractivity contribution is 5.85. The molecule has 0 radical (unpaired) electrons. The Hall–Kier alpha value is -1.35. The topological polar surface area (TPSA) is 29.5 Å². The number of hydrogen-bond acceptors (Lipinski definition) is 2. The Morgan fingerprint density at radius 2 is 1.95 bits per heavy atom. The summed E-state index contributed by atoms with van der Waals surface area (Å²) in [7, 11) is 0. The third-order valence-corrected chi connectivity index (χ3v) is 5.38. The summed E-state index contributed by atoms with van der Waals surface area (Å²) < 4.78 is 5.73. The van der Waals surface area contributed by atoms with Gasteiger partial charge in [0.1, 0.15) is 0 Å². The van der Waals surface area contributed by atoms with E-state index in [1.54, 1.807) is 0 Å². The lowest BCUT2D eigenvalue weighted by Crippen LogP contribution is -2.54. The average molecular weight is 271 g/mol. The third-order valence-electron chi connectivity index (χ3n) is 5.38. The monoisotopic (exact) mass is 271 g/mol. The molecule has 3 nitrogen and oxygen atoms in total. The average Bonchev–Trinajstić information content (AvgIpc) is 2.89. The summed E-state index contributed by atoms with van der Waals surface area (Å²) in [6, 6.07) is 8.42. The van der Waals surface area contributed by atoms with E-state index >= 15 is 0 Å². The van der Waals surface area contributed by atoms with E-state index < -0.39 is 0 Å². The molecule has 106 valence electrons. The second kappa shape index (κ2) is 4.59. The van der Waals surface area contributed by atoms with Crippen molar-refractivity contribution < 1.29 is 9.53 Å². The van der Waals surface area contributed by atoms with Crippen molar-refractivity contribution in [3.63, 3.8) is 0 Å². The number of amides is 1. The van der Waals surface area contributed by atoms with Crippen molar-refractivity contribution in [1.29, 1.82) is 0 Å². The summed E-state index contributed by atoms with van der Waals surface area (Å²) in [6.45, 7) is 2.65. The van der Waals surface area contributed by atoms with Gasteiger partial charge in [0.15, 0.2) is 0 Å². The smallest absolute Gasteiger partial charge is 0.230 e. The minimum Gasteiger partial charge on any atom is -0.375 e. The first-order chi connectivity index (χ1) is 9.77. The minimum atomic E-state index is 0.0996. The van der Waals surface area contributed by atoms with Crippen LogP contribution in [-0.2, 0) is 16.0 Å². The zero-order chi connectivity index (χ0) is 13.6. The molecule has 0 unspecified atom stereocenters. The van der Waals surface area contributed by atoms with Crippen molar-refractivity contribution in [2.45, 2.75) is 43.6 Å². The number of likely N-dealkylation sites (tertiary alicyclic amines) is 1. The minimum absolute atomic E-state index is 0.0996. The molecule has 2 fully saturated rings. The largest absolute Gasteiger partial charge is 0.375 e. The molecule has 1 aromatic rings. The SMILES string of the molecule is O=C([C@@H]1CCc2ccccc21)N1CCC2(CCO2)CC1. The van der Waals surface area contributed by atoms with Crippen LogP contribution in [0, 0.1) is 0 Å². The Morgan fingerprint density at radius 1 is 1.20 bits per heavy atom. The van der Waals surface area contributed by atoms with E-state index in [0.717, 1.165) is 45.4 Å². The molecular weight excluding hydrogens is 250 g/mol. The summed E-state index contributed by atoms with van der Waals surface area (Å²) >= 11 is 0. The van der Waals surface area contributed by atoms with Gasteiger partial charge in [0.2, 0.25) is 5.91 Å². The third kappa shape index (κ3) is 1.87. The van der Waals surface area contributed by atoms with Crippen LogP contribution in [0.25, 0.3) is 0 Å². The molecule has 3 aliphatic rings. The van der Waals surface area contributed by atoms with Crippen molar-refractivity contribution >= 4 is 5.91 Å². The summed E-state index contributed by atoms with van der Waals surface area (Å²) in [5.41, 5.74) is 2.75. The number of carbonyl (C=O) groups excluding carboxylic acids is 1. The fraction of sp³-hybridized carbons (Fsp3) is 0.588.